The highest BCUT2D eigenvalue weighted by molar-refractivity contribution is 8.00. The Labute approximate surface area is 178 Å². The quantitative estimate of drug-likeness (QED) is 0.500. The molecule has 0 aliphatic rings. The second kappa shape index (κ2) is 9.24. The zero-order chi connectivity index (χ0) is 21.0. The lowest BCUT2D eigenvalue weighted by atomic mass is 10.4. The maximum Gasteiger partial charge on any atom is 0.244 e. The number of thiophene rings is 1. The molecule has 1 atom stereocenters. The summed E-state index contributed by atoms with van der Waals surface area (Å²) in [6, 6.07) is 7.06. The molecule has 0 radical (unpaired) electrons. The van der Waals surface area contributed by atoms with E-state index in [-0.39, 0.29) is 10.8 Å². The van der Waals surface area contributed by atoms with Crippen LogP contribution in [0.15, 0.2) is 45.9 Å². The van der Waals surface area contributed by atoms with E-state index in [4.69, 9.17) is 0 Å². The predicted octanol–water partition coefficient (Wildman–Crippen LogP) is 2.62. The molecule has 0 saturated carbocycles. The first-order valence-corrected chi connectivity index (χ1v) is 12.4. The molecule has 29 heavy (non-hydrogen) atoms. The topological polar surface area (TPSA) is 96.7 Å². The Hall–Kier alpha value is -1.95. The monoisotopic (exact) mass is 453 g/mol. The van der Waals surface area contributed by atoms with Gasteiger partial charge in [-0.1, -0.05) is 31.7 Å². The van der Waals surface area contributed by atoms with Crippen LogP contribution in [0.2, 0.25) is 0 Å². The largest absolute Gasteiger partial charge is 0.350 e. The smallest absolute Gasteiger partial charge is 0.244 e. The van der Waals surface area contributed by atoms with Gasteiger partial charge in [0.2, 0.25) is 15.9 Å². The van der Waals surface area contributed by atoms with Gasteiger partial charge in [-0.05, 0) is 30.5 Å². The summed E-state index contributed by atoms with van der Waals surface area (Å²) < 4.78 is 28.6. The van der Waals surface area contributed by atoms with Crippen molar-refractivity contribution in [3.05, 3.63) is 40.7 Å². The average Bonchev–Trinajstić information content (AvgIpc) is 3.36. The van der Waals surface area contributed by atoms with E-state index >= 15 is 0 Å². The number of fused-ring (bicyclic) bond motifs is 1. The fraction of sp³-hybridized carbons (Fsp3) is 0.389. The summed E-state index contributed by atoms with van der Waals surface area (Å²) in [4.78, 5) is 13.7. The van der Waals surface area contributed by atoms with Crippen LogP contribution in [0, 0.1) is 0 Å². The highest BCUT2D eigenvalue weighted by Gasteiger charge is 2.24. The molecule has 3 rings (SSSR count). The zero-order valence-corrected chi connectivity index (χ0v) is 18.9. The van der Waals surface area contributed by atoms with Gasteiger partial charge in [0.25, 0.3) is 0 Å². The number of thioether (sulfide) groups is 1. The number of nitrogens with zero attached hydrogens (tertiary/aromatic N) is 4. The molecule has 0 fully saturated rings. The molecule has 0 bridgehead atoms. The van der Waals surface area contributed by atoms with Gasteiger partial charge < -0.3 is 5.32 Å². The standard InChI is InChI=1S/C18H23N5O3S3/c1-4-22(5-2)29(25,26)15-8-9-16-20-21-18(23(16)12-15)28-13(3)17(24)19-11-14-7-6-10-27-14/h6-10,12-13H,4-5,11H2,1-3H3,(H,19,24)/t13-/m0/s1. The van der Waals surface area contributed by atoms with Gasteiger partial charge in [-0.2, -0.15) is 4.31 Å². The molecule has 156 valence electrons. The lowest BCUT2D eigenvalue weighted by Crippen LogP contribution is -2.31. The minimum absolute atomic E-state index is 0.118. The van der Waals surface area contributed by atoms with Gasteiger partial charge in [0, 0.05) is 24.2 Å². The number of hydrogen-bond donors (Lipinski definition) is 1. The number of pyridine rings is 1. The average molecular weight is 454 g/mol. The first-order valence-electron chi connectivity index (χ1n) is 9.18. The summed E-state index contributed by atoms with van der Waals surface area (Å²) in [6.45, 7) is 6.65. The number of carbonyl (C=O) groups excluding carboxylic acids is 1. The van der Waals surface area contributed by atoms with E-state index in [9.17, 15) is 13.2 Å². The summed E-state index contributed by atoms with van der Waals surface area (Å²) in [5.74, 6) is -0.118. The molecule has 11 heteroatoms. The predicted molar refractivity (Wildman–Crippen MR) is 115 cm³/mol. The van der Waals surface area contributed by atoms with Crippen molar-refractivity contribution in [1.82, 2.24) is 24.2 Å². The first kappa shape index (κ1) is 21.8. The van der Waals surface area contributed by atoms with E-state index in [2.05, 4.69) is 15.5 Å². The number of rotatable bonds is 9. The second-order valence-electron chi connectivity index (χ2n) is 6.22. The van der Waals surface area contributed by atoms with Gasteiger partial charge in [-0.3, -0.25) is 9.20 Å². The Morgan fingerprint density at radius 3 is 2.69 bits per heavy atom. The molecule has 1 N–H and O–H groups in total. The lowest BCUT2D eigenvalue weighted by Gasteiger charge is -2.18. The van der Waals surface area contributed by atoms with Crippen molar-refractivity contribution < 1.29 is 13.2 Å². The summed E-state index contributed by atoms with van der Waals surface area (Å²) in [7, 11) is -3.60. The lowest BCUT2D eigenvalue weighted by molar-refractivity contribution is -0.120. The van der Waals surface area contributed by atoms with E-state index in [1.807, 2.05) is 17.5 Å². The highest BCUT2D eigenvalue weighted by Crippen LogP contribution is 2.24. The minimum Gasteiger partial charge on any atom is -0.350 e. The van der Waals surface area contributed by atoms with Crippen molar-refractivity contribution in [3.63, 3.8) is 0 Å². The summed E-state index contributed by atoms with van der Waals surface area (Å²) in [5.41, 5.74) is 0.525. The molecule has 3 heterocycles. The Morgan fingerprint density at radius 2 is 2.03 bits per heavy atom. The van der Waals surface area contributed by atoms with E-state index in [1.165, 1.54) is 28.3 Å². The Kier molecular flexibility index (Phi) is 6.93. The van der Waals surface area contributed by atoms with Crippen LogP contribution in [-0.2, 0) is 21.4 Å². The molecular weight excluding hydrogens is 430 g/mol. The van der Waals surface area contributed by atoms with Crippen LogP contribution in [-0.4, -0.2) is 51.6 Å². The van der Waals surface area contributed by atoms with Crippen LogP contribution in [0.3, 0.4) is 0 Å². The number of nitrogens with one attached hydrogen (secondary N) is 1. The molecule has 8 nitrogen and oxygen atoms in total. The van der Waals surface area contributed by atoms with Crippen LogP contribution in [0.25, 0.3) is 5.65 Å². The molecule has 1 amide bonds. The molecule has 3 aromatic rings. The van der Waals surface area contributed by atoms with Crippen LogP contribution in [0.4, 0.5) is 0 Å². The number of aromatic nitrogens is 3. The van der Waals surface area contributed by atoms with Crippen molar-refractivity contribution in [1.29, 1.82) is 0 Å². The van der Waals surface area contributed by atoms with Crippen molar-refractivity contribution in [2.24, 2.45) is 0 Å². The molecular formula is C18H23N5O3S3. The summed E-state index contributed by atoms with van der Waals surface area (Å²) in [6.07, 6.45) is 1.52. The van der Waals surface area contributed by atoms with Crippen molar-refractivity contribution >= 4 is 44.7 Å². The van der Waals surface area contributed by atoms with E-state index in [0.29, 0.717) is 30.4 Å². The molecule has 0 aromatic carbocycles. The third-order valence-electron chi connectivity index (χ3n) is 4.36. The number of hydrogen-bond acceptors (Lipinski definition) is 7. The highest BCUT2D eigenvalue weighted by atomic mass is 32.2. The summed E-state index contributed by atoms with van der Waals surface area (Å²) >= 11 is 2.82. The maximum atomic E-state index is 12.8. The van der Waals surface area contributed by atoms with Crippen LogP contribution >= 0.6 is 23.1 Å². The molecule has 0 unspecified atom stereocenters. The summed E-state index contributed by atoms with van der Waals surface area (Å²) in [5, 5.41) is 13.1. The number of carbonyl (C=O) groups is 1. The van der Waals surface area contributed by atoms with Gasteiger partial charge in [-0.15, -0.1) is 21.5 Å². The fourth-order valence-electron chi connectivity index (χ4n) is 2.74. The number of amides is 1. The third-order valence-corrected chi connectivity index (χ3v) is 8.32. The third kappa shape index (κ3) is 4.80. The van der Waals surface area contributed by atoms with Crippen molar-refractivity contribution in [3.8, 4) is 0 Å². The normalized spacial score (nSPS) is 13.1. The Bertz CT molecular complexity index is 1080. The van der Waals surface area contributed by atoms with Gasteiger partial charge in [0.05, 0.1) is 16.7 Å². The van der Waals surface area contributed by atoms with E-state index in [0.717, 1.165) is 4.88 Å². The molecule has 0 spiro atoms. The molecule has 0 saturated heterocycles. The van der Waals surface area contributed by atoms with Gasteiger partial charge >= 0.3 is 0 Å². The Balaban J connectivity index is 1.78. The molecule has 0 aliphatic heterocycles. The van der Waals surface area contributed by atoms with Crippen molar-refractivity contribution in [2.75, 3.05) is 13.1 Å². The van der Waals surface area contributed by atoms with Crippen molar-refractivity contribution in [2.45, 2.75) is 42.6 Å². The second-order valence-corrected chi connectivity index (χ2v) is 10.5. The Morgan fingerprint density at radius 1 is 1.28 bits per heavy atom. The fourth-order valence-corrected chi connectivity index (χ4v) is 5.69. The van der Waals surface area contributed by atoms with E-state index < -0.39 is 15.3 Å². The van der Waals surface area contributed by atoms with Crippen LogP contribution < -0.4 is 5.32 Å². The molecule has 0 aliphatic carbocycles. The SMILES string of the molecule is CCN(CC)S(=O)(=O)c1ccc2nnc(S[C@@H](C)C(=O)NCc3cccs3)n2c1. The maximum absolute atomic E-state index is 12.8. The van der Waals surface area contributed by atoms with Gasteiger partial charge in [0.15, 0.2) is 10.8 Å². The molecule has 3 aromatic heterocycles. The van der Waals surface area contributed by atoms with Crippen LogP contribution in [0.5, 0.6) is 0 Å². The van der Waals surface area contributed by atoms with Crippen LogP contribution in [0.1, 0.15) is 25.6 Å². The number of sulfonamides is 1. The van der Waals surface area contributed by atoms with E-state index in [1.54, 1.807) is 42.6 Å². The minimum atomic E-state index is -3.60. The first-order chi connectivity index (χ1) is 13.9. The van der Waals surface area contributed by atoms with Gasteiger partial charge in [0.1, 0.15) is 0 Å². The van der Waals surface area contributed by atoms with Gasteiger partial charge in [-0.25, -0.2) is 8.42 Å². The zero-order valence-electron chi connectivity index (χ0n) is 16.4.